The lowest BCUT2D eigenvalue weighted by atomic mass is 10.2. The van der Waals surface area contributed by atoms with Crippen LogP contribution in [0.15, 0.2) is 53.4 Å². The molecule has 2 rings (SSSR count). The van der Waals surface area contributed by atoms with Crippen LogP contribution in [0.3, 0.4) is 0 Å². The molecule has 0 aliphatic rings. The molecule has 0 amide bonds. The molecule has 0 saturated carbocycles. The third kappa shape index (κ3) is 3.40. The Morgan fingerprint density at radius 2 is 2.05 bits per heavy atom. The SMILES string of the molecule is COC(=O)c1ccccc1SCc1cccc(C#N)c1. The molecular formula is C16H13NO2S. The van der Waals surface area contributed by atoms with E-state index in [0.29, 0.717) is 16.9 Å². The summed E-state index contributed by atoms with van der Waals surface area (Å²) in [4.78, 5) is 12.5. The molecule has 0 bridgehead atoms. The number of nitrogens with zero attached hydrogens (tertiary/aromatic N) is 1. The number of rotatable bonds is 4. The Kier molecular flexibility index (Phi) is 4.80. The van der Waals surface area contributed by atoms with Crippen molar-refractivity contribution in [2.45, 2.75) is 10.6 Å². The lowest BCUT2D eigenvalue weighted by Crippen LogP contribution is -2.02. The summed E-state index contributed by atoms with van der Waals surface area (Å²) in [5.41, 5.74) is 2.26. The van der Waals surface area contributed by atoms with Gasteiger partial charge in [-0.15, -0.1) is 11.8 Å². The summed E-state index contributed by atoms with van der Waals surface area (Å²) in [5, 5.41) is 8.88. The topological polar surface area (TPSA) is 50.1 Å². The van der Waals surface area contributed by atoms with Gasteiger partial charge in [-0.3, -0.25) is 0 Å². The molecule has 100 valence electrons. The molecule has 0 heterocycles. The van der Waals surface area contributed by atoms with Crippen LogP contribution in [0, 0.1) is 11.3 Å². The van der Waals surface area contributed by atoms with Crippen molar-refractivity contribution in [3.63, 3.8) is 0 Å². The molecule has 0 atom stereocenters. The summed E-state index contributed by atoms with van der Waals surface area (Å²) in [6, 6.07) is 16.9. The third-order valence-corrected chi connectivity index (χ3v) is 3.89. The van der Waals surface area contributed by atoms with Crippen molar-refractivity contribution in [3.8, 4) is 6.07 Å². The second-order valence-electron chi connectivity index (χ2n) is 4.09. The lowest BCUT2D eigenvalue weighted by molar-refractivity contribution is 0.0597. The van der Waals surface area contributed by atoms with Crippen molar-refractivity contribution in [3.05, 3.63) is 65.2 Å². The summed E-state index contributed by atoms with van der Waals surface area (Å²) in [6.45, 7) is 0. The number of nitriles is 1. The molecule has 0 radical (unpaired) electrons. The molecule has 0 spiro atoms. The van der Waals surface area contributed by atoms with Crippen molar-refractivity contribution in [2.75, 3.05) is 7.11 Å². The van der Waals surface area contributed by atoms with Crippen molar-refractivity contribution >= 4 is 17.7 Å². The van der Waals surface area contributed by atoms with Gasteiger partial charge in [-0.2, -0.15) is 5.26 Å². The number of carbonyl (C=O) groups is 1. The van der Waals surface area contributed by atoms with Crippen LogP contribution in [0.4, 0.5) is 0 Å². The van der Waals surface area contributed by atoms with Crippen LogP contribution in [0.2, 0.25) is 0 Å². The second-order valence-corrected chi connectivity index (χ2v) is 5.11. The first kappa shape index (κ1) is 14.2. The van der Waals surface area contributed by atoms with Gasteiger partial charge in [0.15, 0.2) is 0 Å². The smallest absolute Gasteiger partial charge is 0.338 e. The minimum Gasteiger partial charge on any atom is -0.465 e. The van der Waals surface area contributed by atoms with E-state index in [-0.39, 0.29) is 5.97 Å². The van der Waals surface area contributed by atoms with Gasteiger partial charge in [-0.1, -0.05) is 24.3 Å². The Balaban J connectivity index is 2.15. The van der Waals surface area contributed by atoms with E-state index in [1.807, 2.05) is 36.4 Å². The van der Waals surface area contributed by atoms with Crippen LogP contribution in [-0.2, 0) is 10.5 Å². The molecule has 0 aliphatic carbocycles. The molecule has 0 aromatic heterocycles. The Labute approximate surface area is 122 Å². The summed E-state index contributed by atoms with van der Waals surface area (Å²) in [6.07, 6.45) is 0. The second kappa shape index (κ2) is 6.78. The largest absolute Gasteiger partial charge is 0.465 e. The number of ether oxygens (including phenoxy) is 1. The highest BCUT2D eigenvalue weighted by molar-refractivity contribution is 7.98. The van der Waals surface area contributed by atoms with Crippen molar-refractivity contribution in [1.29, 1.82) is 5.26 Å². The first-order valence-corrected chi connectivity index (χ1v) is 7.02. The minimum atomic E-state index is -0.334. The maximum Gasteiger partial charge on any atom is 0.338 e. The van der Waals surface area contributed by atoms with Crippen LogP contribution in [0.5, 0.6) is 0 Å². The molecule has 0 fully saturated rings. The fourth-order valence-corrected chi connectivity index (χ4v) is 2.75. The molecule has 0 N–H and O–H groups in total. The lowest BCUT2D eigenvalue weighted by Gasteiger charge is -2.07. The van der Waals surface area contributed by atoms with E-state index in [4.69, 9.17) is 10.00 Å². The first-order valence-electron chi connectivity index (χ1n) is 6.04. The number of methoxy groups -OCH3 is 1. The average Bonchev–Trinajstić information content (AvgIpc) is 2.52. The maximum absolute atomic E-state index is 11.7. The molecule has 4 heteroatoms. The zero-order valence-corrected chi connectivity index (χ0v) is 11.8. The monoisotopic (exact) mass is 283 g/mol. The van der Waals surface area contributed by atoms with Gasteiger partial charge in [-0.25, -0.2) is 4.79 Å². The Bertz CT molecular complexity index is 662. The third-order valence-electron chi connectivity index (χ3n) is 2.74. The summed E-state index contributed by atoms with van der Waals surface area (Å²) in [5.74, 6) is 0.364. The van der Waals surface area contributed by atoms with Gasteiger partial charge < -0.3 is 4.74 Å². The van der Waals surface area contributed by atoms with Gasteiger partial charge in [0.05, 0.1) is 24.3 Å². The van der Waals surface area contributed by atoms with Gasteiger partial charge in [0, 0.05) is 10.6 Å². The number of esters is 1. The van der Waals surface area contributed by atoms with Gasteiger partial charge in [0.25, 0.3) is 0 Å². The standard InChI is InChI=1S/C16H13NO2S/c1-19-16(18)14-7-2-3-8-15(14)20-11-13-6-4-5-12(9-13)10-17/h2-9H,11H2,1H3. The Hall–Kier alpha value is -2.25. The quantitative estimate of drug-likeness (QED) is 0.635. The highest BCUT2D eigenvalue weighted by Gasteiger charge is 2.11. The fraction of sp³-hybridized carbons (Fsp3) is 0.125. The van der Waals surface area contributed by atoms with E-state index in [0.717, 1.165) is 10.5 Å². The highest BCUT2D eigenvalue weighted by atomic mass is 32.2. The van der Waals surface area contributed by atoms with Crippen LogP contribution >= 0.6 is 11.8 Å². The van der Waals surface area contributed by atoms with Crippen molar-refractivity contribution in [1.82, 2.24) is 0 Å². The Morgan fingerprint density at radius 3 is 2.80 bits per heavy atom. The van der Waals surface area contributed by atoms with Gasteiger partial charge >= 0.3 is 5.97 Å². The van der Waals surface area contributed by atoms with E-state index >= 15 is 0 Å². The minimum absolute atomic E-state index is 0.334. The zero-order valence-electron chi connectivity index (χ0n) is 11.0. The predicted molar refractivity (Wildman–Crippen MR) is 78.5 cm³/mol. The van der Waals surface area contributed by atoms with Crippen molar-refractivity contribution < 1.29 is 9.53 Å². The number of hydrogen-bond acceptors (Lipinski definition) is 4. The summed E-state index contributed by atoms with van der Waals surface area (Å²) >= 11 is 1.55. The molecule has 2 aromatic carbocycles. The zero-order chi connectivity index (χ0) is 14.4. The van der Waals surface area contributed by atoms with Gasteiger partial charge in [0.1, 0.15) is 0 Å². The summed E-state index contributed by atoms with van der Waals surface area (Å²) in [7, 11) is 1.38. The summed E-state index contributed by atoms with van der Waals surface area (Å²) < 4.78 is 4.77. The van der Waals surface area contributed by atoms with E-state index in [2.05, 4.69) is 6.07 Å². The number of benzene rings is 2. The molecule has 2 aromatic rings. The number of thioether (sulfide) groups is 1. The molecule has 20 heavy (non-hydrogen) atoms. The molecule has 0 unspecified atom stereocenters. The molecule has 3 nitrogen and oxygen atoms in total. The first-order chi connectivity index (χ1) is 9.74. The van der Waals surface area contributed by atoms with Crippen LogP contribution in [-0.4, -0.2) is 13.1 Å². The molecular weight excluding hydrogens is 270 g/mol. The van der Waals surface area contributed by atoms with E-state index in [9.17, 15) is 4.79 Å². The fourth-order valence-electron chi connectivity index (χ4n) is 1.76. The predicted octanol–water partition coefficient (Wildman–Crippen LogP) is 3.64. The van der Waals surface area contributed by atoms with Gasteiger partial charge in [-0.05, 0) is 29.8 Å². The molecule has 0 saturated heterocycles. The Morgan fingerprint density at radius 1 is 1.25 bits per heavy atom. The van der Waals surface area contributed by atoms with E-state index in [1.54, 1.807) is 23.9 Å². The normalized spacial score (nSPS) is 9.80. The van der Waals surface area contributed by atoms with Gasteiger partial charge in [0.2, 0.25) is 0 Å². The average molecular weight is 283 g/mol. The van der Waals surface area contributed by atoms with Crippen LogP contribution < -0.4 is 0 Å². The van der Waals surface area contributed by atoms with E-state index < -0.39 is 0 Å². The number of carbonyl (C=O) groups excluding carboxylic acids is 1. The van der Waals surface area contributed by atoms with E-state index in [1.165, 1.54) is 7.11 Å². The van der Waals surface area contributed by atoms with Crippen LogP contribution in [0.25, 0.3) is 0 Å². The number of hydrogen-bond donors (Lipinski definition) is 0. The molecule has 0 aliphatic heterocycles. The van der Waals surface area contributed by atoms with Crippen LogP contribution in [0.1, 0.15) is 21.5 Å². The highest BCUT2D eigenvalue weighted by Crippen LogP contribution is 2.27. The maximum atomic E-state index is 11.7. The van der Waals surface area contributed by atoms with Crippen molar-refractivity contribution in [2.24, 2.45) is 0 Å².